The van der Waals surface area contributed by atoms with E-state index in [0.29, 0.717) is 16.6 Å². The molecule has 5 rings (SSSR count). The van der Waals surface area contributed by atoms with Crippen molar-refractivity contribution in [2.75, 3.05) is 13.2 Å². The smallest absolute Gasteiger partial charge is 0.248 e. The molecule has 4 atom stereocenters. The zero-order chi connectivity index (χ0) is 21.0. The second kappa shape index (κ2) is 7.31. The molecule has 158 valence electrons. The number of primary amides is 1. The largest absolute Gasteiger partial charge is 0.366 e. The Morgan fingerprint density at radius 1 is 1.27 bits per heavy atom. The Morgan fingerprint density at radius 2 is 2.03 bits per heavy atom. The minimum atomic E-state index is -0.653. The lowest BCUT2D eigenvalue weighted by Gasteiger charge is -2.30. The van der Waals surface area contributed by atoms with Crippen molar-refractivity contribution in [3.63, 3.8) is 0 Å². The van der Waals surface area contributed by atoms with Crippen molar-refractivity contribution < 1.29 is 19.1 Å². The number of fused-ring (bicyclic) bond motifs is 2. The second-order valence-electron chi connectivity index (χ2n) is 8.28. The SMILES string of the molecule is NC(=O)c1ccc2nnn([C@H](C(=O)N3C[C@H](Cl)[C@H]4OCC(=O)[C@H]43)C3CCCC3)c2c1. The van der Waals surface area contributed by atoms with Crippen LogP contribution in [0.4, 0.5) is 0 Å². The van der Waals surface area contributed by atoms with Crippen molar-refractivity contribution in [1.82, 2.24) is 19.9 Å². The minimum absolute atomic E-state index is 0.0232. The van der Waals surface area contributed by atoms with Crippen LogP contribution in [0.5, 0.6) is 0 Å². The highest BCUT2D eigenvalue weighted by Gasteiger charge is 2.53. The van der Waals surface area contributed by atoms with Gasteiger partial charge >= 0.3 is 0 Å². The van der Waals surface area contributed by atoms with Gasteiger partial charge in [-0.15, -0.1) is 16.7 Å². The van der Waals surface area contributed by atoms with Crippen LogP contribution in [0.2, 0.25) is 0 Å². The fourth-order valence-corrected chi connectivity index (χ4v) is 5.43. The molecule has 0 unspecified atom stereocenters. The average molecular weight is 432 g/mol. The third-order valence-corrected chi connectivity index (χ3v) is 6.91. The van der Waals surface area contributed by atoms with Crippen LogP contribution in [0.25, 0.3) is 11.0 Å². The molecule has 2 aromatic rings. The highest BCUT2D eigenvalue weighted by atomic mass is 35.5. The van der Waals surface area contributed by atoms with Gasteiger partial charge in [0.2, 0.25) is 11.8 Å². The number of halogens is 1. The minimum Gasteiger partial charge on any atom is -0.366 e. The Labute approximate surface area is 177 Å². The molecule has 3 aliphatic rings. The first kappa shape index (κ1) is 19.4. The summed E-state index contributed by atoms with van der Waals surface area (Å²) in [5.41, 5.74) is 6.91. The van der Waals surface area contributed by atoms with Crippen molar-refractivity contribution in [3.05, 3.63) is 23.8 Å². The summed E-state index contributed by atoms with van der Waals surface area (Å²) in [6.07, 6.45) is 3.34. The lowest BCUT2D eigenvalue weighted by molar-refractivity contribution is -0.141. The van der Waals surface area contributed by atoms with E-state index >= 15 is 0 Å². The van der Waals surface area contributed by atoms with Gasteiger partial charge in [0.05, 0.1) is 10.9 Å². The Bertz CT molecular complexity index is 1030. The number of likely N-dealkylation sites (tertiary alicyclic amines) is 1. The molecule has 3 fully saturated rings. The van der Waals surface area contributed by atoms with E-state index in [1.165, 1.54) is 0 Å². The summed E-state index contributed by atoms with van der Waals surface area (Å²) in [5.74, 6) is -0.823. The number of amides is 2. The number of rotatable bonds is 4. The number of carbonyl (C=O) groups is 3. The molecule has 30 heavy (non-hydrogen) atoms. The number of benzene rings is 1. The molecule has 10 heteroatoms. The van der Waals surface area contributed by atoms with Crippen LogP contribution < -0.4 is 5.73 Å². The zero-order valence-corrected chi connectivity index (χ0v) is 17.0. The molecule has 2 amide bonds. The third kappa shape index (κ3) is 2.99. The molecule has 1 aromatic heterocycles. The van der Waals surface area contributed by atoms with Crippen molar-refractivity contribution in [2.24, 2.45) is 11.7 Å². The van der Waals surface area contributed by atoms with E-state index in [1.54, 1.807) is 27.8 Å². The molecule has 2 aliphatic heterocycles. The maximum atomic E-state index is 13.8. The van der Waals surface area contributed by atoms with Gasteiger partial charge in [-0.1, -0.05) is 18.1 Å². The standard InChI is InChI=1S/C20H22ClN5O4/c21-12-8-25(17-15(27)9-30-18(12)17)20(29)16(10-3-1-2-4-10)26-14-7-11(19(22)28)5-6-13(14)23-24-26/h5-7,10,12,16-18H,1-4,8-9H2,(H2,22,28)/t12-,16-,17+,18+/m0/s1. The van der Waals surface area contributed by atoms with Gasteiger partial charge in [-0.05, 0) is 37.0 Å². The summed E-state index contributed by atoms with van der Waals surface area (Å²) in [4.78, 5) is 39.5. The number of hydrogen-bond acceptors (Lipinski definition) is 6. The highest BCUT2D eigenvalue weighted by molar-refractivity contribution is 6.22. The lowest BCUT2D eigenvalue weighted by atomic mass is 9.96. The van der Waals surface area contributed by atoms with Gasteiger partial charge in [-0.3, -0.25) is 14.4 Å². The van der Waals surface area contributed by atoms with Gasteiger partial charge in [0, 0.05) is 12.1 Å². The van der Waals surface area contributed by atoms with Crippen LogP contribution in [0.15, 0.2) is 18.2 Å². The van der Waals surface area contributed by atoms with Gasteiger partial charge in [-0.2, -0.15) is 0 Å². The summed E-state index contributed by atoms with van der Waals surface area (Å²) in [6, 6.07) is 3.60. The van der Waals surface area contributed by atoms with E-state index in [4.69, 9.17) is 22.1 Å². The van der Waals surface area contributed by atoms with Gasteiger partial charge in [0.25, 0.3) is 0 Å². The van der Waals surface area contributed by atoms with Crippen molar-refractivity contribution >= 4 is 40.2 Å². The molecule has 3 heterocycles. The Kier molecular flexibility index (Phi) is 4.74. The number of hydrogen-bond donors (Lipinski definition) is 1. The number of aromatic nitrogens is 3. The molecule has 1 aromatic carbocycles. The lowest BCUT2D eigenvalue weighted by Crippen LogP contribution is -2.46. The first-order chi connectivity index (χ1) is 14.5. The number of ether oxygens (including phenoxy) is 1. The van der Waals surface area contributed by atoms with E-state index in [1.807, 2.05) is 0 Å². The Balaban J connectivity index is 1.57. The Hall–Kier alpha value is -2.52. The number of carbonyl (C=O) groups excluding carboxylic acids is 3. The zero-order valence-electron chi connectivity index (χ0n) is 16.2. The number of alkyl halides is 1. The normalized spacial score (nSPS) is 27.7. The summed E-state index contributed by atoms with van der Waals surface area (Å²) in [7, 11) is 0. The van der Waals surface area contributed by atoms with Gasteiger partial charge in [-0.25, -0.2) is 4.68 Å². The fraction of sp³-hybridized carbons (Fsp3) is 0.550. The van der Waals surface area contributed by atoms with Crippen LogP contribution in [0.3, 0.4) is 0 Å². The fourth-order valence-electron chi connectivity index (χ4n) is 5.07. The maximum absolute atomic E-state index is 13.8. The topological polar surface area (TPSA) is 120 Å². The number of nitrogens with two attached hydrogens (primary N) is 1. The highest BCUT2D eigenvalue weighted by Crippen LogP contribution is 2.39. The van der Waals surface area contributed by atoms with Gasteiger partial charge in [0.1, 0.15) is 30.3 Å². The van der Waals surface area contributed by atoms with E-state index in [2.05, 4.69) is 10.3 Å². The molecule has 2 saturated heterocycles. The van der Waals surface area contributed by atoms with E-state index in [-0.39, 0.29) is 30.8 Å². The first-order valence-corrected chi connectivity index (χ1v) is 10.6. The summed E-state index contributed by atoms with van der Waals surface area (Å²) in [6.45, 7) is 0.231. The van der Waals surface area contributed by atoms with E-state index in [9.17, 15) is 14.4 Å². The van der Waals surface area contributed by atoms with E-state index < -0.39 is 29.5 Å². The summed E-state index contributed by atoms with van der Waals surface area (Å²) in [5, 5.41) is 8.04. The van der Waals surface area contributed by atoms with Crippen LogP contribution in [0, 0.1) is 5.92 Å². The molecule has 9 nitrogen and oxygen atoms in total. The van der Waals surface area contributed by atoms with Crippen LogP contribution in [-0.2, 0) is 14.3 Å². The predicted octanol–water partition coefficient (Wildman–Crippen LogP) is 1.05. The van der Waals surface area contributed by atoms with Crippen LogP contribution >= 0.6 is 11.6 Å². The van der Waals surface area contributed by atoms with Crippen molar-refractivity contribution in [3.8, 4) is 0 Å². The maximum Gasteiger partial charge on any atom is 0.248 e. The quantitative estimate of drug-likeness (QED) is 0.722. The Morgan fingerprint density at radius 3 is 2.77 bits per heavy atom. The molecular weight excluding hydrogens is 410 g/mol. The summed E-state index contributed by atoms with van der Waals surface area (Å²) >= 11 is 6.40. The molecular formula is C20H22ClN5O4. The van der Waals surface area contributed by atoms with Crippen LogP contribution in [0.1, 0.15) is 42.1 Å². The van der Waals surface area contributed by atoms with Gasteiger partial charge < -0.3 is 15.4 Å². The average Bonchev–Trinajstić information content (AvgIpc) is 3.50. The predicted molar refractivity (Wildman–Crippen MR) is 107 cm³/mol. The van der Waals surface area contributed by atoms with Crippen molar-refractivity contribution in [1.29, 1.82) is 0 Å². The van der Waals surface area contributed by atoms with Crippen molar-refractivity contribution in [2.45, 2.75) is 49.2 Å². The van der Waals surface area contributed by atoms with Crippen LogP contribution in [-0.4, -0.2) is 68.2 Å². The first-order valence-electron chi connectivity index (χ1n) is 10.2. The van der Waals surface area contributed by atoms with Gasteiger partial charge in [0.15, 0.2) is 5.78 Å². The molecule has 0 spiro atoms. The monoisotopic (exact) mass is 431 g/mol. The molecule has 2 N–H and O–H groups in total. The molecule has 0 bridgehead atoms. The number of nitrogens with zero attached hydrogens (tertiary/aromatic N) is 4. The van der Waals surface area contributed by atoms with E-state index in [0.717, 1.165) is 25.7 Å². The number of ketones is 1. The molecule has 0 radical (unpaired) electrons. The number of Topliss-reactive ketones (excluding diaryl/α,β-unsaturated/α-hetero) is 1. The second-order valence-corrected chi connectivity index (χ2v) is 8.85. The molecule has 1 aliphatic carbocycles. The third-order valence-electron chi connectivity index (χ3n) is 6.52. The molecule has 1 saturated carbocycles. The summed E-state index contributed by atoms with van der Waals surface area (Å²) < 4.78 is 7.12.